The molecule has 0 saturated carbocycles. The molecule has 0 aliphatic heterocycles. The molecule has 1 nitrogen and oxygen atoms in total. The number of hydrogen-bond donors (Lipinski definition) is 1. The van der Waals surface area contributed by atoms with E-state index in [1.54, 1.807) is 23.9 Å². The highest BCUT2D eigenvalue weighted by Gasteiger charge is 2.11. The highest BCUT2D eigenvalue weighted by molar-refractivity contribution is 7.99. The molecule has 0 amide bonds. The van der Waals surface area contributed by atoms with Crippen LogP contribution in [-0.2, 0) is 6.42 Å². The van der Waals surface area contributed by atoms with Crippen molar-refractivity contribution in [2.75, 3.05) is 5.75 Å². The number of halogens is 1. The summed E-state index contributed by atoms with van der Waals surface area (Å²) in [7, 11) is 0. The van der Waals surface area contributed by atoms with Gasteiger partial charge < -0.3 is 5.73 Å². The fourth-order valence-electron chi connectivity index (χ4n) is 1.83. The van der Waals surface area contributed by atoms with E-state index >= 15 is 0 Å². The van der Waals surface area contributed by atoms with Crippen LogP contribution in [0.25, 0.3) is 0 Å². The summed E-state index contributed by atoms with van der Waals surface area (Å²) in [4.78, 5) is 0.803. The Morgan fingerprint density at radius 1 is 1.28 bits per heavy atom. The molecular formula is C15H24FNS. The van der Waals surface area contributed by atoms with E-state index in [1.165, 1.54) is 12.8 Å². The van der Waals surface area contributed by atoms with Crippen molar-refractivity contribution >= 4 is 11.8 Å². The lowest BCUT2D eigenvalue weighted by molar-refractivity contribution is 0.585. The van der Waals surface area contributed by atoms with Gasteiger partial charge in [0.05, 0.1) is 0 Å². The number of benzene rings is 1. The molecule has 1 aromatic carbocycles. The van der Waals surface area contributed by atoms with Gasteiger partial charge in [0.15, 0.2) is 0 Å². The van der Waals surface area contributed by atoms with Crippen molar-refractivity contribution in [1.29, 1.82) is 0 Å². The van der Waals surface area contributed by atoms with Crippen molar-refractivity contribution in [3.8, 4) is 0 Å². The number of unbranched alkanes of at least 4 members (excludes halogenated alkanes) is 2. The van der Waals surface area contributed by atoms with Gasteiger partial charge >= 0.3 is 0 Å². The van der Waals surface area contributed by atoms with Gasteiger partial charge in [-0.15, -0.1) is 11.8 Å². The van der Waals surface area contributed by atoms with E-state index in [0.29, 0.717) is 0 Å². The van der Waals surface area contributed by atoms with Gasteiger partial charge in [-0.3, -0.25) is 0 Å². The smallest absolute Gasteiger partial charge is 0.137 e. The van der Waals surface area contributed by atoms with Gasteiger partial charge in [0.1, 0.15) is 5.82 Å². The summed E-state index contributed by atoms with van der Waals surface area (Å²) < 4.78 is 13.9. The fourth-order valence-corrected chi connectivity index (χ4v) is 2.92. The van der Waals surface area contributed by atoms with Gasteiger partial charge in [-0.1, -0.05) is 38.8 Å². The number of thioether (sulfide) groups is 1. The molecule has 1 atom stereocenters. The zero-order valence-corrected chi connectivity index (χ0v) is 12.2. The maximum Gasteiger partial charge on any atom is 0.137 e. The van der Waals surface area contributed by atoms with Gasteiger partial charge in [0.25, 0.3) is 0 Å². The number of hydrogen-bond acceptors (Lipinski definition) is 2. The Labute approximate surface area is 114 Å². The Hall–Kier alpha value is -0.540. The third kappa shape index (κ3) is 4.99. The summed E-state index contributed by atoms with van der Waals surface area (Å²) in [5.41, 5.74) is 7.03. The van der Waals surface area contributed by atoms with Crippen LogP contribution in [0.5, 0.6) is 0 Å². The van der Waals surface area contributed by atoms with E-state index in [1.807, 2.05) is 6.07 Å². The molecule has 102 valence electrons. The first-order valence-electron chi connectivity index (χ1n) is 6.84. The van der Waals surface area contributed by atoms with Crippen LogP contribution in [0.2, 0.25) is 0 Å². The van der Waals surface area contributed by atoms with Crippen LogP contribution in [0.4, 0.5) is 4.39 Å². The third-order valence-corrected chi connectivity index (χ3v) is 4.29. The van der Waals surface area contributed by atoms with Gasteiger partial charge in [-0.05, 0) is 36.6 Å². The van der Waals surface area contributed by atoms with E-state index in [0.717, 1.165) is 35.5 Å². The second-order valence-corrected chi connectivity index (χ2v) is 5.76. The molecule has 18 heavy (non-hydrogen) atoms. The lowest BCUT2D eigenvalue weighted by Gasteiger charge is -2.13. The summed E-state index contributed by atoms with van der Waals surface area (Å²) >= 11 is 1.64. The van der Waals surface area contributed by atoms with Crippen LogP contribution in [0.15, 0.2) is 23.1 Å². The molecular weight excluding hydrogens is 245 g/mol. The molecule has 0 spiro atoms. The van der Waals surface area contributed by atoms with Crippen molar-refractivity contribution in [3.05, 3.63) is 29.6 Å². The number of nitrogens with two attached hydrogens (primary N) is 1. The largest absolute Gasteiger partial charge is 0.327 e. The van der Waals surface area contributed by atoms with Gasteiger partial charge in [-0.25, -0.2) is 4.39 Å². The van der Waals surface area contributed by atoms with Crippen LogP contribution in [0.3, 0.4) is 0 Å². The minimum Gasteiger partial charge on any atom is -0.327 e. The van der Waals surface area contributed by atoms with Crippen LogP contribution in [0, 0.1) is 5.82 Å². The summed E-state index contributed by atoms with van der Waals surface area (Å²) in [6.45, 7) is 4.25. The summed E-state index contributed by atoms with van der Waals surface area (Å²) in [6, 6.07) is 5.45. The molecule has 2 N–H and O–H groups in total. The minimum atomic E-state index is -0.0997. The molecule has 1 aromatic rings. The van der Waals surface area contributed by atoms with Crippen molar-refractivity contribution in [1.82, 2.24) is 0 Å². The minimum absolute atomic E-state index is 0.0997. The molecule has 1 unspecified atom stereocenters. The standard InChI is InChI=1S/C15H24FNS/c1-3-5-6-10-18-15-12(11-13(17)4-2)8-7-9-14(15)16/h7-9,13H,3-6,10-11,17H2,1-2H3. The summed E-state index contributed by atoms with van der Waals surface area (Å²) in [5, 5.41) is 0. The van der Waals surface area contributed by atoms with E-state index in [9.17, 15) is 4.39 Å². The van der Waals surface area contributed by atoms with E-state index in [4.69, 9.17) is 5.73 Å². The molecule has 1 rings (SSSR count). The summed E-state index contributed by atoms with van der Waals surface area (Å²) in [6.07, 6.45) is 5.26. The fraction of sp³-hybridized carbons (Fsp3) is 0.600. The molecule has 0 heterocycles. The first-order valence-corrected chi connectivity index (χ1v) is 7.83. The Morgan fingerprint density at radius 2 is 2.06 bits per heavy atom. The Bertz CT molecular complexity index is 354. The first-order chi connectivity index (χ1) is 8.69. The van der Waals surface area contributed by atoms with E-state index in [2.05, 4.69) is 13.8 Å². The zero-order chi connectivity index (χ0) is 13.4. The van der Waals surface area contributed by atoms with Gasteiger partial charge in [-0.2, -0.15) is 0 Å². The maximum absolute atomic E-state index is 13.9. The topological polar surface area (TPSA) is 26.0 Å². The SMILES string of the molecule is CCCCCSc1c(F)cccc1CC(N)CC. The van der Waals surface area contributed by atoms with E-state index in [-0.39, 0.29) is 11.9 Å². The summed E-state index contributed by atoms with van der Waals surface area (Å²) in [5.74, 6) is 0.890. The normalized spacial score (nSPS) is 12.7. The lowest BCUT2D eigenvalue weighted by atomic mass is 10.0. The van der Waals surface area contributed by atoms with Crippen molar-refractivity contribution in [3.63, 3.8) is 0 Å². The van der Waals surface area contributed by atoms with Crippen LogP contribution >= 0.6 is 11.8 Å². The highest BCUT2D eigenvalue weighted by Crippen LogP contribution is 2.28. The first kappa shape index (κ1) is 15.5. The molecule has 0 radical (unpaired) electrons. The molecule has 0 aliphatic rings. The monoisotopic (exact) mass is 269 g/mol. The quantitative estimate of drug-likeness (QED) is 0.559. The Balaban J connectivity index is 2.67. The molecule has 0 aliphatic carbocycles. The van der Waals surface area contributed by atoms with Crippen molar-refractivity contribution < 1.29 is 4.39 Å². The molecule has 0 fully saturated rings. The Kier molecular flexibility index (Phi) is 7.36. The van der Waals surface area contributed by atoms with Gasteiger partial charge in [0, 0.05) is 10.9 Å². The highest BCUT2D eigenvalue weighted by atomic mass is 32.2. The maximum atomic E-state index is 13.9. The predicted molar refractivity (Wildman–Crippen MR) is 78.6 cm³/mol. The van der Waals surface area contributed by atoms with Crippen molar-refractivity contribution in [2.45, 2.75) is 56.9 Å². The Morgan fingerprint density at radius 3 is 2.72 bits per heavy atom. The second-order valence-electron chi connectivity index (χ2n) is 4.66. The third-order valence-electron chi connectivity index (χ3n) is 3.05. The zero-order valence-electron chi connectivity index (χ0n) is 11.4. The molecule has 0 bridgehead atoms. The average molecular weight is 269 g/mol. The molecule has 3 heteroatoms. The van der Waals surface area contributed by atoms with Crippen LogP contribution in [-0.4, -0.2) is 11.8 Å². The predicted octanol–water partition coefficient (Wildman–Crippen LogP) is 4.39. The van der Waals surface area contributed by atoms with Gasteiger partial charge in [0.2, 0.25) is 0 Å². The van der Waals surface area contributed by atoms with Crippen LogP contribution in [0.1, 0.15) is 45.1 Å². The molecule has 0 saturated heterocycles. The van der Waals surface area contributed by atoms with Crippen LogP contribution < -0.4 is 5.73 Å². The second kappa shape index (κ2) is 8.54. The lowest BCUT2D eigenvalue weighted by Crippen LogP contribution is -2.21. The van der Waals surface area contributed by atoms with Crippen molar-refractivity contribution in [2.24, 2.45) is 5.73 Å². The average Bonchev–Trinajstić information content (AvgIpc) is 2.37. The van der Waals surface area contributed by atoms with E-state index < -0.39 is 0 Å². The number of rotatable bonds is 8. The molecule has 0 aromatic heterocycles.